The van der Waals surface area contributed by atoms with Crippen LogP contribution in [0.1, 0.15) is 54.3 Å². The van der Waals surface area contributed by atoms with Crippen molar-refractivity contribution < 1.29 is 9.59 Å². The molecule has 1 aliphatic rings. The summed E-state index contributed by atoms with van der Waals surface area (Å²) in [6.45, 7) is 9.24. The second-order valence-corrected chi connectivity index (χ2v) is 7.33. The Labute approximate surface area is 154 Å². The van der Waals surface area contributed by atoms with Gasteiger partial charge >= 0.3 is 0 Å². The third kappa shape index (κ3) is 3.79. The maximum atomic E-state index is 12.6. The SMILES string of the molecule is Cc1ccc(C)c(NC(=O)CC(=O)N2CCc3[nH]nc(C(C)C)c3C2)c1. The molecule has 2 N–H and O–H groups in total. The van der Waals surface area contributed by atoms with Crippen molar-refractivity contribution in [3.63, 3.8) is 0 Å². The van der Waals surface area contributed by atoms with E-state index >= 15 is 0 Å². The zero-order valence-corrected chi connectivity index (χ0v) is 15.8. The van der Waals surface area contributed by atoms with Crippen molar-refractivity contribution in [3.05, 3.63) is 46.3 Å². The molecule has 0 spiro atoms. The van der Waals surface area contributed by atoms with Gasteiger partial charge in [0.05, 0.1) is 5.69 Å². The van der Waals surface area contributed by atoms with Gasteiger partial charge in [-0.25, -0.2) is 0 Å². The third-order valence-corrected chi connectivity index (χ3v) is 4.84. The Kier molecular flexibility index (Phi) is 5.11. The number of nitrogens with zero attached hydrogens (tertiary/aromatic N) is 2. The highest BCUT2D eigenvalue weighted by Gasteiger charge is 2.27. The third-order valence-electron chi connectivity index (χ3n) is 4.84. The number of rotatable bonds is 4. The first kappa shape index (κ1) is 18.2. The van der Waals surface area contributed by atoms with E-state index in [2.05, 4.69) is 29.4 Å². The molecule has 0 saturated heterocycles. The van der Waals surface area contributed by atoms with Crippen molar-refractivity contribution in [1.82, 2.24) is 15.1 Å². The number of hydrogen-bond donors (Lipinski definition) is 2. The molecule has 2 amide bonds. The highest BCUT2D eigenvalue weighted by Crippen LogP contribution is 2.26. The molecule has 0 aliphatic carbocycles. The molecule has 0 saturated carbocycles. The van der Waals surface area contributed by atoms with Crippen LogP contribution in [0.25, 0.3) is 0 Å². The van der Waals surface area contributed by atoms with E-state index in [4.69, 9.17) is 0 Å². The number of amides is 2. The highest BCUT2D eigenvalue weighted by atomic mass is 16.2. The quantitative estimate of drug-likeness (QED) is 0.828. The lowest BCUT2D eigenvalue weighted by Crippen LogP contribution is -2.38. The summed E-state index contributed by atoms with van der Waals surface area (Å²) in [5.74, 6) is -0.113. The van der Waals surface area contributed by atoms with Gasteiger partial charge in [0.15, 0.2) is 0 Å². The molecule has 0 radical (unpaired) electrons. The lowest BCUT2D eigenvalue weighted by Gasteiger charge is -2.27. The van der Waals surface area contributed by atoms with Gasteiger partial charge in [-0.15, -0.1) is 0 Å². The van der Waals surface area contributed by atoms with Crippen LogP contribution in [0.4, 0.5) is 5.69 Å². The lowest BCUT2D eigenvalue weighted by atomic mass is 9.99. The van der Waals surface area contributed by atoms with Crippen molar-refractivity contribution in [2.45, 2.75) is 53.0 Å². The van der Waals surface area contributed by atoms with Gasteiger partial charge in [0.25, 0.3) is 0 Å². The van der Waals surface area contributed by atoms with Gasteiger partial charge in [-0.05, 0) is 37.0 Å². The number of carbonyl (C=O) groups is 2. The predicted octanol–water partition coefficient (Wildman–Crippen LogP) is 3.06. The largest absolute Gasteiger partial charge is 0.337 e. The number of aromatic nitrogens is 2. The van der Waals surface area contributed by atoms with Crippen LogP contribution in [0.3, 0.4) is 0 Å². The van der Waals surface area contributed by atoms with Gasteiger partial charge in [-0.3, -0.25) is 14.7 Å². The molecular weight excluding hydrogens is 328 g/mol. The Hall–Kier alpha value is -2.63. The maximum Gasteiger partial charge on any atom is 0.233 e. The maximum absolute atomic E-state index is 12.6. The molecule has 6 nitrogen and oxygen atoms in total. The molecule has 6 heteroatoms. The molecule has 1 aromatic carbocycles. The number of carbonyl (C=O) groups excluding carboxylic acids is 2. The molecule has 26 heavy (non-hydrogen) atoms. The Morgan fingerprint density at radius 3 is 2.81 bits per heavy atom. The van der Waals surface area contributed by atoms with Crippen LogP contribution < -0.4 is 5.32 Å². The molecule has 2 aromatic rings. The summed E-state index contributed by atoms with van der Waals surface area (Å²) in [6.07, 6.45) is 0.608. The van der Waals surface area contributed by atoms with Gasteiger partial charge in [-0.1, -0.05) is 26.0 Å². The van der Waals surface area contributed by atoms with E-state index in [1.54, 1.807) is 4.90 Å². The molecule has 0 unspecified atom stereocenters. The van der Waals surface area contributed by atoms with Crippen molar-refractivity contribution in [2.24, 2.45) is 0 Å². The minimum absolute atomic E-state index is 0.141. The van der Waals surface area contributed by atoms with Gasteiger partial charge in [0.1, 0.15) is 6.42 Å². The number of nitrogens with one attached hydrogen (secondary N) is 2. The summed E-state index contributed by atoms with van der Waals surface area (Å²) in [5.41, 5.74) is 6.05. The molecular formula is C20H26N4O2. The minimum atomic E-state index is -0.272. The fraction of sp³-hybridized carbons (Fsp3) is 0.450. The van der Waals surface area contributed by atoms with Crippen LogP contribution in [0.2, 0.25) is 0 Å². The summed E-state index contributed by atoms with van der Waals surface area (Å²) >= 11 is 0. The van der Waals surface area contributed by atoms with Crippen molar-refractivity contribution in [2.75, 3.05) is 11.9 Å². The molecule has 0 fully saturated rings. The molecule has 1 aromatic heterocycles. The highest BCUT2D eigenvalue weighted by molar-refractivity contribution is 6.03. The zero-order chi connectivity index (χ0) is 18.8. The number of H-pyrrole nitrogens is 1. The fourth-order valence-electron chi connectivity index (χ4n) is 3.32. The number of anilines is 1. The van der Waals surface area contributed by atoms with Crippen LogP contribution in [0.15, 0.2) is 18.2 Å². The average molecular weight is 354 g/mol. The normalized spacial score (nSPS) is 13.7. The fourth-order valence-corrected chi connectivity index (χ4v) is 3.32. The van der Waals surface area contributed by atoms with Crippen molar-refractivity contribution in [1.29, 1.82) is 0 Å². The average Bonchev–Trinajstić information content (AvgIpc) is 3.01. The number of fused-ring (bicyclic) bond motifs is 1. The molecule has 3 rings (SSSR count). The smallest absolute Gasteiger partial charge is 0.233 e. The summed E-state index contributed by atoms with van der Waals surface area (Å²) in [5, 5.41) is 10.3. The first-order valence-corrected chi connectivity index (χ1v) is 9.06. The van der Waals surface area contributed by atoms with E-state index in [0.717, 1.165) is 40.2 Å². The van der Waals surface area contributed by atoms with E-state index in [9.17, 15) is 9.59 Å². The Bertz CT molecular complexity index is 838. The van der Waals surface area contributed by atoms with Crippen LogP contribution >= 0.6 is 0 Å². The van der Waals surface area contributed by atoms with E-state index in [1.165, 1.54) is 0 Å². The summed E-state index contributed by atoms with van der Waals surface area (Å²) in [4.78, 5) is 26.7. The van der Waals surface area contributed by atoms with Crippen molar-refractivity contribution in [3.8, 4) is 0 Å². The number of hydrogen-bond acceptors (Lipinski definition) is 3. The first-order valence-electron chi connectivity index (χ1n) is 9.06. The lowest BCUT2D eigenvalue weighted by molar-refractivity contribution is -0.135. The summed E-state index contributed by atoms with van der Waals surface area (Å²) < 4.78 is 0. The van der Waals surface area contributed by atoms with E-state index < -0.39 is 0 Å². The molecule has 138 valence electrons. The first-order chi connectivity index (χ1) is 12.3. The molecule has 0 bridgehead atoms. The second-order valence-electron chi connectivity index (χ2n) is 7.33. The predicted molar refractivity (Wildman–Crippen MR) is 101 cm³/mol. The van der Waals surface area contributed by atoms with Gasteiger partial charge in [0, 0.05) is 36.5 Å². The molecule has 0 atom stereocenters. The molecule has 2 heterocycles. The Morgan fingerprint density at radius 2 is 2.08 bits per heavy atom. The Balaban J connectivity index is 1.64. The van der Waals surface area contributed by atoms with E-state index in [-0.39, 0.29) is 18.2 Å². The van der Waals surface area contributed by atoms with Gasteiger partial charge in [0.2, 0.25) is 11.8 Å². The van der Waals surface area contributed by atoms with Crippen LogP contribution in [-0.4, -0.2) is 33.5 Å². The van der Waals surface area contributed by atoms with Crippen LogP contribution in [0, 0.1) is 13.8 Å². The Morgan fingerprint density at radius 1 is 1.31 bits per heavy atom. The number of aryl methyl sites for hydroxylation is 2. The van der Waals surface area contributed by atoms with Crippen LogP contribution in [0.5, 0.6) is 0 Å². The van der Waals surface area contributed by atoms with E-state index in [0.29, 0.717) is 19.0 Å². The topological polar surface area (TPSA) is 78.1 Å². The van der Waals surface area contributed by atoms with Crippen molar-refractivity contribution >= 4 is 17.5 Å². The zero-order valence-electron chi connectivity index (χ0n) is 15.8. The van der Waals surface area contributed by atoms with Gasteiger partial charge in [-0.2, -0.15) is 5.10 Å². The van der Waals surface area contributed by atoms with Gasteiger partial charge < -0.3 is 10.2 Å². The standard InChI is InChI=1S/C20H26N4O2/c1-12(2)20-15-11-24(8-7-16(15)22-23-20)19(26)10-18(25)21-17-9-13(3)5-6-14(17)4/h5-6,9,12H,7-8,10-11H2,1-4H3,(H,21,25)(H,22,23). The minimum Gasteiger partial charge on any atom is -0.337 e. The molecule has 1 aliphatic heterocycles. The second kappa shape index (κ2) is 7.32. The number of benzene rings is 1. The summed E-state index contributed by atoms with van der Waals surface area (Å²) in [6, 6.07) is 5.88. The summed E-state index contributed by atoms with van der Waals surface area (Å²) in [7, 11) is 0. The number of aromatic amines is 1. The monoisotopic (exact) mass is 354 g/mol. The van der Waals surface area contributed by atoms with E-state index in [1.807, 2.05) is 32.0 Å². The van der Waals surface area contributed by atoms with Crippen LogP contribution in [-0.2, 0) is 22.6 Å².